The third-order valence-electron chi connectivity index (χ3n) is 5.19. The predicted octanol–water partition coefficient (Wildman–Crippen LogP) is 3.09. The summed E-state index contributed by atoms with van der Waals surface area (Å²) in [4.78, 5) is 24.1. The van der Waals surface area contributed by atoms with E-state index in [1.165, 1.54) is 17.7 Å². The standard InChI is InChI=1S/C18H21N3OS2/c1-11-5-7-21(8-6-11)12(2)16-19-17(22)15-13(10-24-18(15)20-16)14-4-3-9-23-14/h3-4,9-12H,5-8H2,1-2H3,(H,19,20,22)/p+1/t12-/m1/s1. The van der Waals surface area contributed by atoms with Crippen LogP contribution in [0, 0.1) is 5.92 Å². The molecule has 1 aliphatic heterocycles. The van der Waals surface area contributed by atoms with E-state index in [1.54, 1.807) is 22.7 Å². The van der Waals surface area contributed by atoms with Crippen LogP contribution in [-0.2, 0) is 0 Å². The second-order valence-corrected chi connectivity index (χ2v) is 8.63. The van der Waals surface area contributed by atoms with Gasteiger partial charge in [-0.3, -0.25) is 4.79 Å². The monoisotopic (exact) mass is 360 g/mol. The normalized spacial score (nSPS) is 22.8. The van der Waals surface area contributed by atoms with Crippen molar-refractivity contribution >= 4 is 32.9 Å². The molecule has 3 aromatic heterocycles. The number of piperidine rings is 1. The third-order valence-corrected chi connectivity index (χ3v) is 6.96. The molecule has 2 N–H and O–H groups in total. The zero-order valence-electron chi connectivity index (χ0n) is 14.0. The lowest BCUT2D eigenvalue weighted by Gasteiger charge is -2.31. The maximum absolute atomic E-state index is 12.7. The Morgan fingerprint density at radius 2 is 2.12 bits per heavy atom. The van der Waals surface area contributed by atoms with Crippen LogP contribution in [0.4, 0.5) is 0 Å². The summed E-state index contributed by atoms with van der Waals surface area (Å²) in [6.07, 6.45) is 2.52. The van der Waals surface area contributed by atoms with Crippen LogP contribution in [0.3, 0.4) is 0 Å². The Morgan fingerprint density at radius 3 is 2.83 bits per heavy atom. The van der Waals surface area contributed by atoms with Crippen molar-refractivity contribution in [2.45, 2.75) is 32.7 Å². The number of nitrogens with zero attached hydrogens (tertiary/aromatic N) is 1. The number of hydrogen-bond acceptors (Lipinski definition) is 4. The number of aromatic amines is 1. The largest absolute Gasteiger partial charge is 0.326 e. The number of hydrogen-bond donors (Lipinski definition) is 2. The molecule has 0 aromatic carbocycles. The van der Waals surface area contributed by atoms with E-state index in [-0.39, 0.29) is 11.6 Å². The zero-order valence-corrected chi connectivity index (χ0v) is 15.6. The second kappa shape index (κ2) is 6.43. The molecule has 0 bridgehead atoms. The fourth-order valence-corrected chi connectivity index (χ4v) is 5.31. The van der Waals surface area contributed by atoms with Gasteiger partial charge in [0, 0.05) is 15.8 Å². The summed E-state index contributed by atoms with van der Waals surface area (Å²) in [6, 6.07) is 4.31. The number of fused-ring (bicyclic) bond motifs is 1. The molecule has 1 fully saturated rings. The van der Waals surface area contributed by atoms with E-state index in [2.05, 4.69) is 30.3 Å². The van der Waals surface area contributed by atoms with Gasteiger partial charge in [-0.05, 0) is 37.1 Å². The highest BCUT2D eigenvalue weighted by Gasteiger charge is 2.27. The van der Waals surface area contributed by atoms with Crippen molar-refractivity contribution in [2.24, 2.45) is 5.92 Å². The van der Waals surface area contributed by atoms with Gasteiger partial charge in [0.05, 0.1) is 18.5 Å². The number of nitrogens with one attached hydrogen (secondary N) is 2. The number of H-pyrrole nitrogens is 1. The lowest BCUT2D eigenvalue weighted by atomic mass is 9.98. The number of rotatable bonds is 3. The fraction of sp³-hybridized carbons (Fsp3) is 0.444. The Bertz CT molecular complexity index is 889. The van der Waals surface area contributed by atoms with Crippen LogP contribution in [0.2, 0.25) is 0 Å². The summed E-state index contributed by atoms with van der Waals surface area (Å²) in [5, 5.41) is 4.83. The first-order valence-electron chi connectivity index (χ1n) is 8.53. The molecule has 126 valence electrons. The Morgan fingerprint density at radius 1 is 1.33 bits per heavy atom. The summed E-state index contributed by atoms with van der Waals surface area (Å²) < 4.78 is 0. The van der Waals surface area contributed by atoms with Gasteiger partial charge >= 0.3 is 0 Å². The molecule has 6 heteroatoms. The van der Waals surface area contributed by atoms with Crippen molar-refractivity contribution in [2.75, 3.05) is 13.1 Å². The average Bonchev–Trinajstić information content (AvgIpc) is 3.24. The van der Waals surface area contributed by atoms with Crippen LogP contribution in [0.5, 0.6) is 0 Å². The molecule has 1 atom stereocenters. The molecule has 0 aliphatic carbocycles. The van der Waals surface area contributed by atoms with Gasteiger partial charge in [0.25, 0.3) is 5.56 Å². The van der Waals surface area contributed by atoms with Gasteiger partial charge in [0.1, 0.15) is 10.9 Å². The highest BCUT2D eigenvalue weighted by atomic mass is 32.1. The van der Waals surface area contributed by atoms with Crippen LogP contribution < -0.4 is 10.5 Å². The van der Waals surface area contributed by atoms with Crippen LogP contribution in [0.25, 0.3) is 20.7 Å². The van der Waals surface area contributed by atoms with E-state index in [0.717, 1.165) is 45.5 Å². The second-order valence-electron chi connectivity index (χ2n) is 6.82. The third kappa shape index (κ3) is 2.83. The molecule has 4 nitrogen and oxygen atoms in total. The minimum absolute atomic E-state index is 0.00345. The van der Waals surface area contributed by atoms with Crippen molar-refractivity contribution in [3.05, 3.63) is 39.1 Å². The van der Waals surface area contributed by atoms with Gasteiger partial charge in [-0.15, -0.1) is 22.7 Å². The summed E-state index contributed by atoms with van der Waals surface area (Å²) in [7, 11) is 0. The SMILES string of the molecule is CC1CC[NH+]([C@H](C)c2nc3scc(-c4cccs4)c3c(=O)[nH]2)CC1. The molecule has 24 heavy (non-hydrogen) atoms. The Kier molecular flexibility index (Phi) is 4.28. The van der Waals surface area contributed by atoms with Gasteiger partial charge in [0.15, 0.2) is 5.82 Å². The first-order chi connectivity index (χ1) is 11.6. The van der Waals surface area contributed by atoms with Crippen molar-refractivity contribution in [3.63, 3.8) is 0 Å². The Hall–Kier alpha value is -1.50. The number of quaternary nitrogens is 1. The van der Waals surface area contributed by atoms with E-state index in [1.807, 2.05) is 11.4 Å². The Labute approximate surface area is 149 Å². The summed E-state index contributed by atoms with van der Waals surface area (Å²) in [5.74, 6) is 1.65. The first-order valence-corrected chi connectivity index (χ1v) is 10.3. The summed E-state index contributed by atoms with van der Waals surface area (Å²) >= 11 is 3.23. The van der Waals surface area contributed by atoms with Crippen molar-refractivity contribution in [3.8, 4) is 10.4 Å². The number of thiophene rings is 2. The topological polar surface area (TPSA) is 50.2 Å². The predicted molar refractivity (Wildman–Crippen MR) is 101 cm³/mol. The maximum atomic E-state index is 12.7. The molecule has 4 rings (SSSR count). The van der Waals surface area contributed by atoms with Gasteiger partial charge < -0.3 is 9.88 Å². The lowest BCUT2D eigenvalue weighted by Crippen LogP contribution is -3.13. The molecule has 0 unspecified atom stereocenters. The minimum atomic E-state index is -0.00345. The van der Waals surface area contributed by atoms with E-state index < -0.39 is 0 Å². The lowest BCUT2D eigenvalue weighted by molar-refractivity contribution is -0.936. The number of likely N-dealkylation sites (tertiary alicyclic amines) is 1. The molecule has 0 spiro atoms. The van der Waals surface area contributed by atoms with Crippen LogP contribution in [0.1, 0.15) is 38.6 Å². The minimum Gasteiger partial charge on any atom is -0.326 e. The smallest absolute Gasteiger partial charge is 0.260 e. The van der Waals surface area contributed by atoms with E-state index in [0.29, 0.717) is 0 Å². The van der Waals surface area contributed by atoms with Crippen LogP contribution in [0.15, 0.2) is 27.7 Å². The molecular formula is C18H22N3OS2+. The number of aromatic nitrogens is 2. The maximum Gasteiger partial charge on any atom is 0.260 e. The molecule has 3 aromatic rings. The highest BCUT2D eigenvalue weighted by Crippen LogP contribution is 2.33. The molecule has 0 amide bonds. The summed E-state index contributed by atoms with van der Waals surface area (Å²) in [6.45, 7) is 6.83. The van der Waals surface area contributed by atoms with E-state index in [9.17, 15) is 4.79 Å². The fourth-order valence-electron chi connectivity index (χ4n) is 3.54. The Balaban J connectivity index is 1.70. The van der Waals surface area contributed by atoms with Crippen molar-refractivity contribution in [1.29, 1.82) is 0 Å². The molecule has 4 heterocycles. The van der Waals surface area contributed by atoms with Gasteiger partial charge in [-0.25, -0.2) is 4.98 Å². The highest BCUT2D eigenvalue weighted by molar-refractivity contribution is 7.18. The van der Waals surface area contributed by atoms with Crippen LogP contribution in [-0.4, -0.2) is 23.1 Å². The molecule has 0 saturated carbocycles. The van der Waals surface area contributed by atoms with Crippen molar-refractivity contribution in [1.82, 2.24) is 9.97 Å². The van der Waals surface area contributed by atoms with Crippen molar-refractivity contribution < 1.29 is 4.90 Å². The van der Waals surface area contributed by atoms with Gasteiger partial charge in [-0.1, -0.05) is 13.0 Å². The summed E-state index contributed by atoms with van der Waals surface area (Å²) in [5.41, 5.74) is 1.01. The van der Waals surface area contributed by atoms with E-state index in [4.69, 9.17) is 4.98 Å². The van der Waals surface area contributed by atoms with Crippen LogP contribution >= 0.6 is 22.7 Å². The van der Waals surface area contributed by atoms with Gasteiger partial charge in [0.2, 0.25) is 0 Å². The molecule has 1 saturated heterocycles. The molecule has 0 radical (unpaired) electrons. The zero-order chi connectivity index (χ0) is 16.7. The molecule has 1 aliphatic rings. The molecular weight excluding hydrogens is 338 g/mol. The van der Waals surface area contributed by atoms with E-state index >= 15 is 0 Å². The average molecular weight is 361 g/mol. The first kappa shape index (κ1) is 16.0. The van der Waals surface area contributed by atoms with Gasteiger partial charge in [-0.2, -0.15) is 0 Å². The quantitative estimate of drug-likeness (QED) is 0.754.